The van der Waals surface area contributed by atoms with Gasteiger partial charge in [-0.3, -0.25) is 0 Å². The lowest BCUT2D eigenvalue weighted by atomic mass is 9.78. The van der Waals surface area contributed by atoms with Gasteiger partial charge in [-0.15, -0.1) is 0 Å². The first-order valence-corrected chi connectivity index (χ1v) is 5.92. The molecule has 0 bridgehead atoms. The van der Waals surface area contributed by atoms with Crippen LogP contribution in [0, 0.1) is 6.92 Å². The predicted octanol–water partition coefficient (Wildman–Crippen LogP) is 2.56. The van der Waals surface area contributed by atoms with E-state index in [1.165, 1.54) is 16.7 Å². The highest BCUT2D eigenvalue weighted by atomic mass is 16.5. The average Bonchev–Trinajstić information content (AvgIpc) is 2.23. The molecule has 0 amide bonds. The summed E-state index contributed by atoms with van der Waals surface area (Å²) in [6.07, 6.45) is 0.202. The fraction of sp³-hybridized carbons (Fsp3) is 0.571. The minimum Gasteiger partial charge on any atom is -0.371 e. The molecule has 88 valence electrons. The number of fused-ring (bicyclic) bond motifs is 1. The fourth-order valence-corrected chi connectivity index (χ4v) is 2.37. The van der Waals surface area contributed by atoms with Crippen molar-refractivity contribution in [1.82, 2.24) is 5.32 Å². The van der Waals surface area contributed by atoms with Gasteiger partial charge < -0.3 is 10.1 Å². The molecule has 1 heterocycles. The van der Waals surface area contributed by atoms with Crippen molar-refractivity contribution in [1.29, 1.82) is 0 Å². The monoisotopic (exact) mass is 219 g/mol. The summed E-state index contributed by atoms with van der Waals surface area (Å²) >= 11 is 0. The zero-order chi connectivity index (χ0) is 11.8. The van der Waals surface area contributed by atoms with Crippen LogP contribution in [-0.4, -0.2) is 20.2 Å². The second-order valence-electron chi connectivity index (χ2n) is 5.33. The summed E-state index contributed by atoms with van der Waals surface area (Å²) in [6.45, 7) is 8.34. The van der Waals surface area contributed by atoms with Crippen LogP contribution in [-0.2, 0) is 10.2 Å². The van der Waals surface area contributed by atoms with Gasteiger partial charge in [-0.1, -0.05) is 37.6 Å². The molecule has 1 aliphatic heterocycles. The van der Waals surface area contributed by atoms with Gasteiger partial charge in [-0.2, -0.15) is 0 Å². The van der Waals surface area contributed by atoms with Crippen molar-refractivity contribution >= 4 is 0 Å². The Morgan fingerprint density at radius 2 is 2.19 bits per heavy atom. The molecule has 0 spiro atoms. The maximum Gasteiger partial charge on any atom is 0.0952 e. The van der Waals surface area contributed by atoms with E-state index in [9.17, 15) is 0 Å². The Balaban J connectivity index is 2.45. The molecule has 16 heavy (non-hydrogen) atoms. The number of rotatable bonds is 2. The highest BCUT2D eigenvalue weighted by molar-refractivity contribution is 5.40. The summed E-state index contributed by atoms with van der Waals surface area (Å²) < 4.78 is 5.94. The molecule has 1 atom stereocenters. The van der Waals surface area contributed by atoms with Gasteiger partial charge in [-0.05, 0) is 25.1 Å². The molecule has 2 heteroatoms. The molecule has 1 aromatic rings. The lowest BCUT2D eigenvalue weighted by Gasteiger charge is -2.37. The van der Waals surface area contributed by atoms with E-state index >= 15 is 0 Å². The molecule has 0 aliphatic carbocycles. The number of nitrogens with one attached hydrogen (secondary N) is 1. The van der Waals surface area contributed by atoms with Crippen LogP contribution in [0.5, 0.6) is 0 Å². The van der Waals surface area contributed by atoms with Gasteiger partial charge in [-0.25, -0.2) is 0 Å². The van der Waals surface area contributed by atoms with Gasteiger partial charge in [0.1, 0.15) is 0 Å². The minimum absolute atomic E-state index is 0.131. The van der Waals surface area contributed by atoms with Crippen LogP contribution in [0.25, 0.3) is 0 Å². The van der Waals surface area contributed by atoms with Crippen LogP contribution in [0.4, 0.5) is 0 Å². The number of hydrogen-bond donors (Lipinski definition) is 1. The molecule has 1 N–H and O–H groups in total. The number of ether oxygens (including phenoxy) is 1. The highest BCUT2D eigenvalue weighted by Gasteiger charge is 2.32. The summed E-state index contributed by atoms with van der Waals surface area (Å²) in [6, 6.07) is 6.69. The van der Waals surface area contributed by atoms with Gasteiger partial charge in [0.2, 0.25) is 0 Å². The van der Waals surface area contributed by atoms with Gasteiger partial charge in [0.25, 0.3) is 0 Å². The molecule has 0 fully saturated rings. The summed E-state index contributed by atoms with van der Waals surface area (Å²) in [5.74, 6) is 0. The molecule has 1 aromatic carbocycles. The molecule has 2 rings (SSSR count). The summed E-state index contributed by atoms with van der Waals surface area (Å²) in [5, 5.41) is 3.20. The molecule has 0 radical (unpaired) electrons. The topological polar surface area (TPSA) is 21.3 Å². The van der Waals surface area contributed by atoms with E-state index in [1.54, 1.807) is 0 Å². The Morgan fingerprint density at radius 1 is 1.44 bits per heavy atom. The van der Waals surface area contributed by atoms with Gasteiger partial charge in [0.15, 0.2) is 0 Å². The van der Waals surface area contributed by atoms with Crippen LogP contribution < -0.4 is 5.32 Å². The average molecular weight is 219 g/mol. The Morgan fingerprint density at radius 3 is 2.88 bits per heavy atom. The first-order chi connectivity index (χ1) is 7.54. The summed E-state index contributed by atoms with van der Waals surface area (Å²) in [4.78, 5) is 0. The van der Waals surface area contributed by atoms with Crippen LogP contribution in [0.15, 0.2) is 18.2 Å². The second-order valence-corrected chi connectivity index (χ2v) is 5.33. The van der Waals surface area contributed by atoms with Crippen LogP contribution in [0.3, 0.4) is 0 Å². The quantitative estimate of drug-likeness (QED) is 0.825. The van der Waals surface area contributed by atoms with E-state index in [-0.39, 0.29) is 11.5 Å². The summed E-state index contributed by atoms with van der Waals surface area (Å²) in [7, 11) is 1.97. The minimum atomic E-state index is 0.131. The molecule has 1 unspecified atom stereocenters. The van der Waals surface area contributed by atoms with E-state index < -0.39 is 0 Å². The third-order valence-corrected chi connectivity index (χ3v) is 3.32. The second kappa shape index (κ2) is 4.19. The SMILES string of the molecule is CNCC1OCC(C)(C)c2cc(C)ccc21. The van der Waals surface area contributed by atoms with E-state index in [4.69, 9.17) is 4.74 Å². The van der Waals surface area contributed by atoms with Crippen molar-refractivity contribution in [2.75, 3.05) is 20.2 Å². The van der Waals surface area contributed by atoms with Crippen molar-refractivity contribution in [2.45, 2.75) is 32.3 Å². The highest BCUT2D eigenvalue weighted by Crippen LogP contribution is 2.37. The predicted molar refractivity (Wildman–Crippen MR) is 66.8 cm³/mol. The van der Waals surface area contributed by atoms with Gasteiger partial charge >= 0.3 is 0 Å². The van der Waals surface area contributed by atoms with Crippen LogP contribution in [0.2, 0.25) is 0 Å². The van der Waals surface area contributed by atoms with Gasteiger partial charge in [0.05, 0.1) is 12.7 Å². The van der Waals surface area contributed by atoms with E-state index in [0.29, 0.717) is 0 Å². The number of benzene rings is 1. The summed E-state index contributed by atoms with van der Waals surface area (Å²) in [5.41, 5.74) is 4.25. The maximum atomic E-state index is 5.94. The van der Waals surface area contributed by atoms with E-state index in [0.717, 1.165) is 13.2 Å². The lowest BCUT2D eigenvalue weighted by molar-refractivity contribution is 0.00832. The Hall–Kier alpha value is -0.860. The van der Waals surface area contributed by atoms with Crippen molar-refractivity contribution in [3.63, 3.8) is 0 Å². The number of hydrogen-bond acceptors (Lipinski definition) is 2. The third kappa shape index (κ3) is 2.00. The normalized spacial score (nSPS) is 22.9. The van der Waals surface area contributed by atoms with E-state index in [1.807, 2.05) is 7.05 Å². The number of aryl methyl sites for hydroxylation is 1. The Kier molecular flexibility index (Phi) is 3.04. The molecule has 2 nitrogen and oxygen atoms in total. The third-order valence-electron chi connectivity index (χ3n) is 3.32. The Labute approximate surface area is 98.0 Å². The molecule has 0 aromatic heterocycles. The largest absolute Gasteiger partial charge is 0.371 e. The first-order valence-electron chi connectivity index (χ1n) is 5.92. The Bertz CT molecular complexity index is 384. The van der Waals surface area contributed by atoms with E-state index in [2.05, 4.69) is 44.3 Å². The molecular weight excluding hydrogens is 198 g/mol. The van der Waals surface area contributed by atoms with Crippen molar-refractivity contribution in [3.8, 4) is 0 Å². The zero-order valence-corrected chi connectivity index (χ0v) is 10.6. The molecular formula is C14H21NO. The maximum absolute atomic E-state index is 5.94. The zero-order valence-electron chi connectivity index (χ0n) is 10.6. The molecule has 0 saturated heterocycles. The van der Waals surface area contributed by atoms with Gasteiger partial charge in [0, 0.05) is 12.0 Å². The molecule has 1 aliphatic rings. The van der Waals surface area contributed by atoms with Crippen molar-refractivity contribution < 1.29 is 4.74 Å². The first kappa shape index (κ1) is 11.6. The smallest absolute Gasteiger partial charge is 0.0952 e. The molecule has 0 saturated carbocycles. The lowest BCUT2D eigenvalue weighted by Crippen LogP contribution is -2.35. The van der Waals surface area contributed by atoms with Crippen LogP contribution in [0.1, 0.15) is 36.6 Å². The standard InChI is InChI=1S/C14H21NO/c1-10-5-6-11-12(7-10)14(2,3)9-16-13(11)8-15-4/h5-7,13,15H,8-9H2,1-4H3. The number of likely N-dealkylation sites (N-methyl/N-ethyl adjacent to an activating group) is 1. The van der Waals surface area contributed by atoms with Crippen molar-refractivity contribution in [2.24, 2.45) is 0 Å². The van der Waals surface area contributed by atoms with Crippen LogP contribution >= 0.6 is 0 Å². The van der Waals surface area contributed by atoms with Crippen molar-refractivity contribution in [3.05, 3.63) is 34.9 Å². The fourth-order valence-electron chi connectivity index (χ4n) is 2.37.